The molecule has 0 amide bonds. The smallest absolute Gasteiger partial charge is 0.267 e. The molecule has 0 aliphatic heterocycles. The molecule has 0 fully saturated rings. The first-order chi connectivity index (χ1) is 5.84. The maximum absolute atomic E-state index is 12.2. The minimum absolute atomic E-state index is 0.578. The Balaban J connectivity index is 3.53. The molecule has 1 rings (SSSR count). The molecule has 0 atom stereocenters. The van der Waals surface area contributed by atoms with Crippen molar-refractivity contribution in [2.75, 3.05) is 0 Å². The molecule has 0 aliphatic carbocycles. The Morgan fingerprint density at radius 1 is 1.54 bits per heavy atom. The molecule has 3 nitrogen and oxygen atoms in total. The molecule has 13 heavy (non-hydrogen) atoms. The van der Waals surface area contributed by atoms with E-state index in [-0.39, 0.29) is 0 Å². The molecule has 0 unspecified atom stereocenters. The Kier molecular flexibility index (Phi) is 2.34. The van der Waals surface area contributed by atoms with E-state index in [1.54, 1.807) is 0 Å². The van der Waals surface area contributed by atoms with Crippen LogP contribution in [0.5, 0.6) is 0 Å². The zero-order valence-corrected chi connectivity index (χ0v) is 7.15. The van der Waals surface area contributed by atoms with Gasteiger partial charge in [0.15, 0.2) is 0 Å². The van der Waals surface area contributed by atoms with Crippen LogP contribution in [0, 0.1) is 0 Å². The average molecular weight is 213 g/mol. The van der Waals surface area contributed by atoms with Crippen LogP contribution in [0.3, 0.4) is 0 Å². The molecule has 0 spiro atoms. The molecular formula is C6H4ClF3N2O. The van der Waals surface area contributed by atoms with Crippen LogP contribution in [0.1, 0.15) is 5.56 Å². The summed E-state index contributed by atoms with van der Waals surface area (Å²) in [4.78, 5) is 10.9. The third-order valence-electron chi connectivity index (χ3n) is 1.37. The van der Waals surface area contributed by atoms with Crippen molar-refractivity contribution in [2.24, 2.45) is 7.05 Å². The average Bonchev–Trinajstić information content (AvgIpc) is 1.95. The number of hydrogen-bond donors (Lipinski definition) is 0. The molecule has 1 aromatic heterocycles. The second-order valence-corrected chi connectivity index (χ2v) is 2.70. The van der Waals surface area contributed by atoms with Crippen molar-refractivity contribution in [1.29, 1.82) is 0 Å². The largest absolute Gasteiger partial charge is 0.423 e. The lowest BCUT2D eigenvalue weighted by Gasteiger charge is -2.07. The van der Waals surface area contributed by atoms with Crippen LogP contribution in [-0.2, 0) is 13.2 Å². The topological polar surface area (TPSA) is 34.9 Å². The van der Waals surface area contributed by atoms with Gasteiger partial charge in [0.05, 0.1) is 11.2 Å². The second-order valence-electron chi connectivity index (χ2n) is 2.29. The van der Waals surface area contributed by atoms with E-state index < -0.39 is 22.3 Å². The third kappa shape index (κ3) is 1.82. The summed E-state index contributed by atoms with van der Waals surface area (Å²) in [6.07, 6.45) is -3.96. The first-order valence-corrected chi connectivity index (χ1v) is 3.51. The molecule has 0 saturated heterocycles. The minimum atomic E-state index is -4.74. The normalized spacial score (nSPS) is 11.8. The summed E-state index contributed by atoms with van der Waals surface area (Å²) in [5.74, 6) is 0. The van der Waals surface area contributed by atoms with Crippen LogP contribution < -0.4 is 5.56 Å². The van der Waals surface area contributed by atoms with Gasteiger partial charge < -0.3 is 0 Å². The Morgan fingerprint density at radius 2 is 2.08 bits per heavy atom. The first-order valence-electron chi connectivity index (χ1n) is 3.13. The number of rotatable bonds is 0. The number of halogens is 4. The molecular weight excluding hydrogens is 209 g/mol. The van der Waals surface area contributed by atoms with Gasteiger partial charge in [-0.25, -0.2) is 4.68 Å². The van der Waals surface area contributed by atoms with Gasteiger partial charge in [-0.1, -0.05) is 11.6 Å². The molecule has 0 bridgehead atoms. The van der Waals surface area contributed by atoms with Gasteiger partial charge in [0.2, 0.25) is 0 Å². The number of aryl methyl sites for hydroxylation is 1. The van der Waals surface area contributed by atoms with E-state index in [9.17, 15) is 18.0 Å². The molecule has 7 heteroatoms. The van der Waals surface area contributed by atoms with Crippen molar-refractivity contribution in [1.82, 2.24) is 9.78 Å². The molecule has 1 aromatic rings. The maximum atomic E-state index is 12.2. The SMILES string of the molecule is Cn1ncc(Cl)c(C(F)(F)F)c1=O. The predicted molar refractivity (Wildman–Crippen MR) is 39.5 cm³/mol. The highest BCUT2D eigenvalue weighted by Gasteiger charge is 2.37. The minimum Gasteiger partial charge on any atom is -0.267 e. The molecule has 0 aliphatic rings. The van der Waals surface area contributed by atoms with Crippen molar-refractivity contribution in [3.63, 3.8) is 0 Å². The van der Waals surface area contributed by atoms with Gasteiger partial charge in [-0.05, 0) is 0 Å². The van der Waals surface area contributed by atoms with Crippen LogP contribution in [-0.4, -0.2) is 9.78 Å². The molecule has 0 N–H and O–H groups in total. The molecule has 0 radical (unpaired) electrons. The van der Waals surface area contributed by atoms with E-state index in [0.717, 1.165) is 13.2 Å². The fourth-order valence-electron chi connectivity index (χ4n) is 0.775. The Morgan fingerprint density at radius 3 is 2.46 bits per heavy atom. The molecule has 0 saturated carbocycles. The van der Waals surface area contributed by atoms with Crippen LogP contribution in [0.2, 0.25) is 5.02 Å². The van der Waals surface area contributed by atoms with Crippen molar-refractivity contribution in [3.05, 3.63) is 27.1 Å². The summed E-state index contributed by atoms with van der Waals surface area (Å²) in [5, 5.41) is 2.64. The lowest BCUT2D eigenvalue weighted by molar-refractivity contribution is -0.139. The summed E-state index contributed by atoms with van der Waals surface area (Å²) >= 11 is 5.19. The van der Waals surface area contributed by atoms with E-state index in [1.165, 1.54) is 0 Å². The van der Waals surface area contributed by atoms with Crippen molar-refractivity contribution < 1.29 is 13.2 Å². The van der Waals surface area contributed by atoms with Gasteiger partial charge in [0.1, 0.15) is 5.56 Å². The summed E-state index contributed by atoms with van der Waals surface area (Å²) in [6.45, 7) is 0. The number of hydrogen-bond acceptors (Lipinski definition) is 2. The van der Waals surface area contributed by atoms with Crippen LogP contribution in [0.4, 0.5) is 13.2 Å². The Labute approximate surface area is 75.7 Å². The second kappa shape index (κ2) is 3.02. The van der Waals surface area contributed by atoms with Crippen molar-refractivity contribution >= 4 is 11.6 Å². The lowest BCUT2D eigenvalue weighted by atomic mass is 10.3. The molecule has 0 aromatic carbocycles. The van der Waals surface area contributed by atoms with Gasteiger partial charge in [0, 0.05) is 7.05 Å². The first kappa shape index (κ1) is 10.0. The van der Waals surface area contributed by atoms with E-state index in [1.807, 2.05) is 0 Å². The van der Waals surface area contributed by atoms with E-state index in [0.29, 0.717) is 4.68 Å². The summed E-state index contributed by atoms with van der Waals surface area (Å²) in [5.41, 5.74) is -2.63. The summed E-state index contributed by atoms with van der Waals surface area (Å²) in [6, 6.07) is 0. The van der Waals surface area contributed by atoms with Crippen LogP contribution in [0.25, 0.3) is 0 Å². The highest BCUT2D eigenvalue weighted by Crippen LogP contribution is 2.30. The fraction of sp³-hybridized carbons (Fsp3) is 0.333. The highest BCUT2D eigenvalue weighted by molar-refractivity contribution is 6.31. The number of aromatic nitrogens is 2. The van der Waals surface area contributed by atoms with Crippen molar-refractivity contribution in [3.8, 4) is 0 Å². The van der Waals surface area contributed by atoms with E-state index in [2.05, 4.69) is 5.10 Å². The predicted octanol–water partition coefficient (Wildman–Crippen LogP) is 1.45. The third-order valence-corrected chi connectivity index (χ3v) is 1.66. The number of nitrogens with zero attached hydrogens (tertiary/aromatic N) is 2. The van der Waals surface area contributed by atoms with Gasteiger partial charge in [-0.15, -0.1) is 0 Å². The van der Waals surface area contributed by atoms with Gasteiger partial charge in [-0.2, -0.15) is 18.3 Å². The Bertz CT molecular complexity index is 384. The maximum Gasteiger partial charge on any atom is 0.423 e. The zero-order valence-electron chi connectivity index (χ0n) is 6.39. The highest BCUT2D eigenvalue weighted by atomic mass is 35.5. The molecule has 72 valence electrons. The van der Waals surface area contributed by atoms with Gasteiger partial charge >= 0.3 is 6.18 Å². The lowest BCUT2D eigenvalue weighted by Crippen LogP contribution is -2.28. The van der Waals surface area contributed by atoms with Crippen molar-refractivity contribution in [2.45, 2.75) is 6.18 Å². The van der Waals surface area contributed by atoms with Crippen LogP contribution in [0.15, 0.2) is 11.0 Å². The molecule has 1 heterocycles. The van der Waals surface area contributed by atoms with E-state index >= 15 is 0 Å². The fourth-order valence-corrected chi connectivity index (χ4v) is 1.01. The van der Waals surface area contributed by atoms with E-state index in [4.69, 9.17) is 11.6 Å². The van der Waals surface area contributed by atoms with Gasteiger partial charge in [-0.3, -0.25) is 4.79 Å². The van der Waals surface area contributed by atoms with Gasteiger partial charge in [0.25, 0.3) is 5.56 Å². The standard InChI is InChI=1S/C6H4ClF3N2O/c1-12-5(13)4(6(8,9)10)3(7)2-11-12/h2H,1H3. The quantitative estimate of drug-likeness (QED) is 0.653. The van der Waals surface area contributed by atoms with Crippen LogP contribution >= 0.6 is 11.6 Å². The monoisotopic (exact) mass is 212 g/mol. The Hall–Kier alpha value is -1.04. The summed E-state index contributed by atoms with van der Waals surface area (Å²) in [7, 11) is 1.12. The number of alkyl halides is 3. The zero-order chi connectivity index (χ0) is 10.2. The summed E-state index contributed by atoms with van der Waals surface area (Å²) < 4.78 is 37.1.